The maximum Gasteiger partial charge on any atom is 0.410 e. The van der Waals surface area contributed by atoms with Crippen LogP contribution in [0.5, 0.6) is 0 Å². The summed E-state index contributed by atoms with van der Waals surface area (Å²) in [5.41, 5.74) is 0.903. The van der Waals surface area contributed by atoms with E-state index in [9.17, 15) is 4.79 Å². The number of carbonyl (C=O) groups excluding carboxylic acids is 1. The Morgan fingerprint density at radius 2 is 1.86 bits per heavy atom. The van der Waals surface area contributed by atoms with Gasteiger partial charge in [-0.25, -0.2) is 4.79 Å². The first-order chi connectivity index (χ1) is 10.4. The van der Waals surface area contributed by atoms with Crippen LogP contribution in [-0.4, -0.2) is 35.7 Å². The van der Waals surface area contributed by atoms with Crippen LogP contribution in [0.3, 0.4) is 0 Å². The summed E-state index contributed by atoms with van der Waals surface area (Å²) in [6, 6.07) is 11.0. The first kappa shape index (κ1) is 15.3. The lowest BCUT2D eigenvalue weighted by molar-refractivity contribution is -0.0360. The second-order valence-corrected chi connectivity index (χ2v) is 7.53. The molecule has 4 heteroatoms. The van der Waals surface area contributed by atoms with E-state index in [4.69, 9.17) is 4.74 Å². The Kier molecular flexibility index (Phi) is 4.13. The van der Waals surface area contributed by atoms with E-state index in [-0.39, 0.29) is 6.09 Å². The lowest BCUT2D eigenvalue weighted by atomic mass is 9.66. The standard InChI is InChI=1S/C18H26N2O2/c1-18(2,3)22-17(21)20-11-14-9-15(12-20)16(14)19-10-13-7-5-4-6-8-13/h4-8,14-16,19H,9-12H2,1-3H3/t14-,15-/m0/s1. The van der Waals surface area contributed by atoms with Crippen LogP contribution in [-0.2, 0) is 11.3 Å². The number of piperidine rings is 2. The third-order valence-electron chi connectivity index (χ3n) is 4.57. The summed E-state index contributed by atoms with van der Waals surface area (Å²) in [5.74, 6) is 1.13. The highest BCUT2D eigenvalue weighted by Crippen LogP contribution is 2.40. The first-order valence-corrected chi connectivity index (χ1v) is 8.17. The zero-order chi connectivity index (χ0) is 15.7. The monoisotopic (exact) mass is 302 g/mol. The quantitative estimate of drug-likeness (QED) is 0.933. The number of ether oxygens (including phenoxy) is 1. The third-order valence-corrected chi connectivity index (χ3v) is 4.57. The van der Waals surface area contributed by atoms with Crippen molar-refractivity contribution in [3.63, 3.8) is 0 Å². The van der Waals surface area contributed by atoms with Gasteiger partial charge in [-0.2, -0.15) is 0 Å². The second-order valence-electron chi connectivity index (χ2n) is 7.53. The number of fused-ring (bicyclic) bond motifs is 2. The molecule has 0 aromatic heterocycles. The number of nitrogens with one attached hydrogen (secondary N) is 1. The molecule has 4 nitrogen and oxygen atoms in total. The lowest BCUT2D eigenvalue weighted by Gasteiger charge is -2.53. The second kappa shape index (κ2) is 5.92. The van der Waals surface area contributed by atoms with Crippen molar-refractivity contribution in [1.29, 1.82) is 0 Å². The fraction of sp³-hybridized carbons (Fsp3) is 0.611. The molecule has 2 heterocycles. The average Bonchev–Trinajstić information content (AvgIpc) is 2.47. The zero-order valence-corrected chi connectivity index (χ0v) is 13.7. The minimum Gasteiger partial charge on any atom is -0.444 e. The van der Waals surface area contributed by atoms with Crippen LogP contribution in [0.15, 0.2) is 30.3 Å². The van der Waals surface area contributed by atoms with Crippen LogP contribution in [0, 0.1) is 11.8 Å². The number of hydrogen-bond donors (Lipinski definition) is 1. The number of hydrogen-bond acceptors (Lipinski definition) is 3. The third kappa shape index (κ3) is 3.43. The molecule has 2 aliphatic heterocycles. The van der Waals surface area contributed by atoms with Crippen molar-refractivity contribution >= 4 is 6.09 Å². The van der Waals surface area contributed by atoms with E-state index < -0.39 is 5.60 Å². The van der Waals surface area contributed by atoms with E-state index in [1.807, 2.05) is 31.7 Å². The van der Waals surface area contributed by atoms with Gasteiger partial charge in [0, 0.05) is 25.7 Å². The van der Waals surface area contributed by atoms with Crippen LogP contribution in [0.4, 0.5) is 4.79 Å². The van der Waals surface area contributed by atoms with Crippen LogP contribution < -0.4 is 5.32 Å². The van der Waals surface area contributed by atoms with Gasteiger partial charge in [0.05, 0.1) is 0 Å². The summed E-state index contributed by atoms with van der Waals surface area (Å²) in [7, 11) is 0. The molecule has 22 heavy (non-hydrogen) atoms. The minimum absolute atomic E-state index is 0.163. The van der Waals surface area contributed by atoms with Gasteiger partial charge in [-0.15, -0.1) is 0 Å². The highest BCUT2D eigenvalue weighted by molar-refractivity contribution is 5.68. The number of carbonyl (C=O) groups is 1. The summed E-state index contributed by atoms with van der Waals surface area (Å²) < 4.78 is 5.48. The molecule has 1 saturated carbocycles. The van der Waals surface area contributed by atoms with Gasteiger partial charge in [0.2, 0.25) is 0 Å². The normalized spacial score (nSPS) is 27.2. The van der Waals surface area contributed by atoms with Crippen molar-refractivity contribution in [1.82, 2.24) is 10.2 Å². The smallest absolute Gasteiger partial charge is 0.410 e. The van der Waals surface area contributed by atoms with E-state index in [1.54, 1.807) is 0 Å². The molecule has 1 amide bonds. The Hall–Kier alpha value is -1.55. The SMILES string of the molecule is CC(C)(C)OC(=O)N1C[C@@H]2C[C@@H](C1)C2NCc1ccccc1. The van der Waals surface area contributed by atoms with Gasteiger partial charge in [-0.3, -0.25) is 0 Å². The van der Waals surface area contributed by atoms with Gasteiger partial charge in [0.1, 0.15) is 5.60 Å². The molecule has 0 spiro atoms. The Bertz CT molecular complexity index is 512. The maximum atomic E-state index is 12.1. The summed E-state index contributed by atoms with van der Waals surface area (Å²) in [5, 5.41) is 3.67. The summed E-state index contributed by atoms with van der Waals surface area (Å²) in [6.45, 7) is 8.29. The Morgan fingerprint density at radius 1 is 1.23 bits per heavy atom. The molecular weight excluding hydrogens is 276 g/mol. The van der Waals surface area contributed by atoms with Crippen molar-refractivity contribution in [2.45, 2.75) is 45.4 Å². The van der Waals surface area contributed by atoms with Gasteiger partial charge in [0.25, 0.3) is 0 Å². The highest BCUT2D eigenvalue weighted by atomic mass is 16.6. The molecular formula is C18H26N2O2. The fourth-order valence-corrected chi connectivity index (χ4v) is 3.53. The Labute approximate surface area is 132 Å². The molecule has 0 unspecified atom stereocenters. The number of benzene rings is 1. The Morgan fingerprint density at radius 3 is 2.45 bits per heavy atom. The van der Waals surface area contributed by atoms with Crippen molar-refractivity contribution < 1.29 is 9.53 Å². The van der Waals surface area contributed by atoms with E-state index in [1.165, 1.54) is 12.0 Å². The van der Waals surface area contributed by atoms with E-state index in [2.05, 4.69) is 29.6 Å². The molecule has 2 saturated heterocycles. The van der Waals surface area contributed by atoms with Gasteiger partial charge in [0.15, 0.2) is 0 Å². The average molecular weight is 302 g/mol. The largest absolute Gasteiger partial charge is 0.444 e. The molecule has 1 aromatic rings. The van der Waals surface area contributed by atoms with Gasteiger partial charge in [-0.1, -0.05) is 30.3 Å². The minimum atomic E-state index is -0.413. The molecule has 2 bridgehead atoms. The number of amides is 1. The van der Waals surface area contributed by atoms with Gasteiger partial charge in [-0.05, 0) is 44.6 Å². The molecule has 3 aliphatic rings. The van der Waals surface area contributed by atoms with E-state index >= 15 is 0 Å². The predicted molar refractivity (Wildman–Crippen MR) is 86.5 cm³/mol. The molecule has 120 valence electrons. The van der Waals surface area contributed by atoms with Crippen molar-refractivity contribution in [3.05, 3.63) is 35.9 Å². The fourth-order valence-electron chi connectivity index (χ4n) is 3.53. The van der Waals surface area contributed by atoms with Gasteiger partial charge < -0.3 is 15.0 Å². The van der Waals surface area contributed by atoms with Gasteiger partial charge >= 0.3 is 6.09 Å². The van der Waals surface area contributed by atoms with Crippen LogP contribution in [0.1, 0.15) is 32.8 Å². The van der Waals surface area contributed by atoms with Crippen molar-refractivity contribution in [2.75, 3.05) is 13.1 Å². The maximum absolute atomic E-state index is 12.1. The molecule has 2 atom stereocenters. The molecule has 0 radical (unpaired) electrons. The molecule has 4 rings (SSSR count). The predicted octanol–water partition coefficient (Wildman–Crippen LogP) is 3.03. The zero-order valence-electron chi connectivity index (χ0n) is 13.7. The molecule has 3 fully saturated rings. The van der Waals surface area contributed by atoms with E-state index in [0.29, 0.717) is 17.9 Å². The van der Waals surface area contributed by atoms with Crippen LogP contribution in [0.2, 0.25) is 0 Å². The van der Waals surface area contributed by atoms with Crippen molar-refractivity contribution in [2.24, 2.45) is 11.8 Å². The number of rotatable bonds is 3. The van der Waals surface area contributed by atoms with Crippen LogP contribution >= 0.6 is 0 Å². The molecule has 1 N–H and O–H groups in total. The highest BCUT2D eigenvalue weighted by Gasteiger charge is 2.48. The Balaban J connectivity index is 1.49. The van der Waals surface area contributed by atoms with Crippen molar-refractivity contribution in [3.8, 4) is 0 Å². The summed E-state index contributed by atoms with van der Waals surface area (Å²) >= 11 is 0. The topological polar surface area (TPSA) is 41.6 Å². The number of nitrogens with zero attached hydrogens (tertiary/aromatic N) is 1. The summed E-state index contributed by atoms with van der Waals surface area (Å²) in [4.78, 5) is 14.0. The van der Waals surface area contributed by atoms with E-state index in [0.717, 1.165) is 19.6 Å². The van der Waals surface area contributed by atoms with Crippen LogP contribution in [0.25, 0.3) is 0 Å². The molecule has 1 aromatic carbocycles. The molecule has 1 aliphatic carbocycles. The summed E-state index contributed by atoms with van der Waals surface area (Å²) in [6.07, 6.45) is 1.06. The first-order valence-electron chi connectivity index (χ1n) is 8.17. The lowest BCUT2D eigenvalue weighted by Crippen LogP contribution is -2.64.